The second-order valence-electron chi connectivity index (χ2n) is 7.49. The van der Waals surface area contributed by atoms with Crippen LogP contribution >= 0.6 is 0 Å². The molecule has 1 aliphatic heterocycles. The predicted molar refractivity (Wildman–Crippen MR) is 117 cm³/mol. The number of pyridine rings is 1. The van der Waals surface area contributed by atoms with Gasteiger partial charge in [0, 0.05) is 51.0 Å². The van der Waals surface area contributed by atoms with Gasteiger partial charge >= 0.3 is 0 Å². The second kappa shape index (κ2) is 10.0. The number of hydrogen-bond acceptors (Lipinski definition) is 3. The van der Waals surface area contributed by atoms with Crippen LogP contribution in [0.1, 0.15) is 25.3 Å². The quantitative estimate of drug-likeness (QED) is 0.460. The van der Waals surface area contributed by atoms with Crippen molar-refractivity contribution in [2.24, 2.45) is 4.99 Å². The Morgan fingerprint density at radius 3 is 2.71 bits per heavy atom. The highest BCUT2D eigenvalue weighted by Gasteiger charge is 2.19. The van der Waals surface area contributed by atoms with Crippen LogP contribution < -0.4 is 10.6 Å². The maximum atomic E-state index is 4.44. The Hall–Kier alpha value is -2.66. The van der Waals surface area contributed by atoms with Gasteiger partial charge in [0.2, 0.25) is 0 Å². The number of benzene rings is 1. The van der Waals surface area contributed by atoms with Gasteiger partial charge in [0.25, 0.3) is 0 Å². The summed E-state index contributed by atoms with van der Waals surface area (Å²) in [6, 6.07) is 14.9. The zero-order valence-corrected chi connectivity index (χ0v) is 17.0. The number of aromatic nitrogens is 1. The first-order chi connectivity index (χ1) is 13.6. The largest absolute Gasteiger partial charge is 0.354 e. The summed E-state index contributed by atoms with van der Waals surface area (Å²) in [5, 5.41) is 7.02. The second-order valence-corrected chi connectivity index (χ2v) is 7.49. The molecule has 0 spiro atoms. The number of hydrogen-bond donors (Lipinski definition) is 2. The fraction of sp³-hybridized carbons (Fsp3) is 0.391. The third-order valence-corrected chi connectivity index (χ3v) is 4.99. The van der Waals surface area contributed by atoms with E-state index in [1.54, 1.807) is 0 Å². The van der Waals surface area contributed by atoms with Crippen molar-refractivity contribution in [2.45, 2.75) is 32.4 Å². The van der Waals surface area contributed by atoms with E-state index in [1.807, 2.05) is 31.4 Å². The van der Waals surface area contributed by atoms with E-state index in [9.17, 15) is 0 Å². The molecule has 0 aliphatic carbocycles. The molecule has 1 aromatic heterocycles. The number of piperidine rings is 1. The minimum absolute atomic E-state index is 0.465. The van der Waals surface area contributed by atoms with E-state index in [0.717, 1.165) is 56.2 Å². The van der Waals surface area contributed by atoms with Gasteiger partial charge in [-0.2, -0.15) is 0 Å². The van der Waals surface area contributed by atoms with E-state index in [-0.39, 0.29) is 0 Å². The molecule has 5 nitrogen and oxygen atoms in total. The van der Waals surface area contributed by atoms with Gasteiger partial charge in [0.15, 0.2) is 5.96 Å². The Labute approximate surface area is 168 Å². The summed E-state index contributed by atoms with van der Waals surface area (Å²) in [6.07, 6.45) is 4.08. The molecule has 2 heterocycles. The molecule has 3 rings (SSSR count). The highest BCUT2D eigenvalue weighted by atomic mass is 15.2. The molecule has 1 aliphatic rings. The zero-order valence-electron chi connectivity index (χ0n) is 17.0. The molecule has 0 bridgehead atoms. The highest BCUT2D eigenvalue weighted by molar-refractivity contribution is 5.80. The standard InChI is InChI=1S/C23H31N5/c1-18(2)17-28-13-10-21(11-14-28)27-23(24-3)26-16-19-7-6-8-20(15-19)22-9-4-5-12-25-22/h4-9,12,15,21H,1,10-11,13-14,16-17H2,2-3H3,(H2,24,26,27). The van der Waals surface area contributed by atoms with E-state index in [0.29, 0.717) is 6.04 Å². The molecule has 2 N–H and O–H groups in total. The van der Waals surface area contributed by atoms with Crippen LogP contribution in [0.15, 0.2) is 65.8 Å². The highest BCUT2D eigenvalue weighted by Crippen LogP contribution is 2.17. The number of aliphatic imine (C=N–C) groups is 1. The fourth-order valence-electron chi connectivity index (χ4n) is 3.57. The molecule has 0 radical (unpaired) electrons. The van der Waals surface area contributed by atoms with Crippen LogP contribution in [0.4, 0.5) is 0 Å². The number of likely N-dealkylation sites (tertiary alicyclic amines) is 1. The average Bonchev–Trinajstić information content (AvgIpc) is 2.73. The van der Waals surface area contributed by atoms with Crippen LogP contribution in [0.2, 0.25) is 0 Å². The Morgan fingerprint density at radius 1 is 1.21 bits per heavy atom. The van der Waals surface area contributed by atoms with E-state index in [1.165, 1.54) is 11.1 Å². The minimum Gasteiger partial charge on any atom is -0.354 e. The minimum atomic E-state index is 0.465. The summed E-state index contributed by atoms with van der Waals surface area (Å²) < 4.78 is 0. The number of rotatable bonds is 6. The van der Waals surface area contributed by atoms with E-state index < -0.39 is 0 Å². The lowest BCUT2D eigenvalue weighted by Gasteiger charge is -2.33. The van der Waals surface area contributed by atoms with Crippen molar-refractivity contribution >= 4 is 5.96 Å². The third kappa shape index (κ3) is 5.92. The Morgan fingerprint density at radius 2 is 2.04 bits per heavy atom. The molecular formula is C23H31N5. The molecule has 1 aromatic carbocycles. The van der Waals surface area contributed by atoms with E-state index in [2.05, 4.69) is 63.3 Å². The molecular weight excluding hydrogens is 346 g/mol. The number of guanidine groups is 1. The first kappa shape index (κ1) is 20.1. The van der Waals surface area contributed by atoms with Crippen LogP contribution in [0.25, 0.3) is 11.3 Å². The normalized spacial score (nSPS) is 16.0. The molecule has 148 valence electrons. The Bertz CT molecular complexity index is 792. The van der Waals surface area contributed by atoms with Crippen molar-refractivity contribution in [1.29, 1.82) is 0 Å². The summed E-state index contributed by atoms with van der Waals surface area (Å²) in [7, 11) is 1.83. The molecule has 28 heavy (non-hydrogen) atoms. The van der Waals surface area contributed by atoms with Gasteiger partial charge in [-0.15, -0.1) is 0 Å². The summed E-state index contributed by atoms with van der Waals surface area (Å²) >= 11 is 0. The Balaban J connectivity index is 1.50. The summed E-state index contributed by atoms with van der Waals surface area (Å²) in [5.74, 6) is 0.863. The van der Waals surface area contributed by atoms with E-state index >= 15 is 0 Å². The maximum Gasteiger partial charge on any atom is 0.191 e. The topological polar surface area (TPSA) is 52.5 Å². The van der Waals surface area contributed by atoms with Crippen molar-refractivity contribution in [2.75, 3.05) is 26.7 Å². The van der Waals surface area contributed by atoms with Crippen LogP contribution in [-0.4, -0.2) is 48.6 Å². The maximum absolute atomic E-state index is 4.44. The smallest absolute Gasteiger partial charge is 0.191 e. The van der Waals surface area contributed by atoms with Gasteiger partial charge in [-0.1, -0.05) is 36.4 Å². The number of nitrogens with zero attached hydrogens (tertiary/aromatic N) is 3. The predicted octanol–water partition coefficient (Wildman–Crippen LogP) is 3.45. The van der Waals surface area contributed by atoms with E-state index in [4.69, 9.17) is 0 Å². The van der Waals surface area contributed by atoms with Crippen molar-refractivity contribution in [3.8, 4) is 11.3 Å². The first-order valence-electron chi connectivity index (χ1n) is 9.98. The first-order valence-corrected chi connectivity index (χ1v) is 9.98. The average molecular weight is 378 g/mol. The van der Waals surface area contributed by atoms with Crippen LogP contribution in [0.5, 0.6) is 0 Å². The van der Waals surface area contributed by atoms with Gasteiger partial charge in [-0.3, -0.25) is 14.9 Å². The lowest BCUT2D eigenvalue weighted by molar-refractivity contribution is 0.221. The molecule has 5 heteroatoms. The van der Waals surface area contributed by atoms with Gasteiger partial charge in [-0.25, -0.2) is 0 Å². The van der Waals surface area contributed by atoms with Crippen LogP contribution in [-0.2, 0) is 6.54 Å². The van der Waals surface area contributed by atoms with Crippen molar-refractivity contribution in [3.63, 3.8) is 0 Å². The van der Waals surface area contributed by atoms with Crippen molar-refractivity contribution in [3.05, 3.63) is 66.4 Å². The molecule has 1 saturated heterocycles. The monoisotopic (exact) mass is 377 g/mol. The lowest BCUT2D eigenvalue weighted by Crippen LogP contribution is -2.48. The van der Waals surface area contributed by atoms with Gasteiger partial charge < -0.3 is 10.6 Å². The van der Waals surface area contributed by atoms with Crippen molar-refractivity contribution in [1.82, 2.24) is 20.5 Å². The molecule has 0 saturated carbocycles. The molecule has 0 unspecified atom stereocenters. The van der Waals surface area contributed by atoms with Gasteiger partial charge in [-0.05, 0) is 43.5 Å². The summed E-state index contributed by atoms with van der Waals surface area (Å²) in [4.78, 5) is 11.3. The number of nitrogens with one attached hydrogen (secondary N) is 2. The summed E-state index contributed by atoms with van der Waals surface area (Å²) in [5.41, 5.74) is 4.57. The molecule has 0 amide bonds. The molecule has 1 fully saturated rings. The van der Waals surface area contributed by atoms with Crippen molar-refractivity contribution < 1.29 is 0 Å². The SMILES string of the molecule is C=C(C)CN1CCC(NC(=NC)NCc2cccc(-c3ccccn3)c2)CC1. The molecule has 2 aromatic rings. The fourth-order valence-corrected chi connectivity index (χ4v) is 3.57. The lowest BCUT2D eigenvalue weighted by atomic mass is 10.0. The van der Waals surface area contributed by atoms with Crippen LogP contribution in [0.3, 0.4) is 0 Å². The van der Waals surface area contributed by atoms with Gasteiger partial charge in [0.05, 0.1) is 5.69 Å². The zero-order chi connectivity index (χ0) is 19.8. The van der Waals surface area contributed by atoms with Crippen LogP contribution in [0, 0.1) is 0 Å². The summed E-state index contributed by atoms with van der Waals surface area (Å²) in [6.45, 7) is 10.1. The molecule has 0 atom stereocenters. The van der Waals surface area contributed by atoms with Gasteiger partial charge in [0.1, 0.15) is 0 Å². The Kier molecular flexibility index (Phi) is 7.20. The third-order valence-electron chi connectivity index (χ3n) is 4.99.